The zero-order valence-corrected chi connectivity index (χ0v) is 17.2. The van der Waals surface area contributed by atoms with Crippen LogP contribution in [0.15, 0.2) is 42.5 Å². The highest BCUT2D eigenvalue weighted by molar-refractivity contribution is 6.01. The predicted molar refractivity (Wildman–Crippen MR) is 110 cm³/mol. The standard InChI is InChI=1S/C22H23F2N3O4/c1-3-27-18-6-4-5-7-19(18)31-12-17(22(27)30)26-21(29)13(2)25-20(28)10-14-8-15(23)11-16(24)9-14/h4-9,11,13,17H,3,10,12H2,1-2H3,(H,25,28)(H,26,29). The Kier molecular flexibility index (Phi) is 6.84. The van der Waals surface area contributed by atoms with Gasteiger partial charge in [-0.2, -0.15) is 0 Å². The molecule has 2 N–H and O–H groups in total. The molecule has 0 aliphatic carbocycles. The molecule has 1 aliphatic heterocycles. The second kappa shape index (κ2) is 9.55. The summed E-state index contributed by atoms with van der Waals surface area (Å²) >= 11 is 0. The van der Waals surface area contributed by atoms with Crippen LogP contribution in [-0.4, -0.2) is 43.0 Å². The van der Waals surface area contributed by atoms with Gasteiger partial charge in [0, 0.05) is 12.6 Å². The van der Waals surface area contributed by atoms with E-state index >= 15 is 0 Å². The van der Waals surface area contributed by atoms with Crippen molar-refractivity contribution in [3.8, 4) is 5.75 Å². The zero-order valence-electron chi connectivity index (χ0n) is 17.2. The Hall–Kier alpha value is -3.49. The van der Waals surface area contributed by atoms with Gasteiger partial charge in [-0.15, -0.1) is 0 Å². The van der Waals surface area contributed by atoms with Crippen LogP contribution >= 0.6 is 0 Å². The number of carbonyl (C=O) groups is 3. The number of hydrogen-bond acceptors (Lipinski definition) is 4. The monoisotopic (exact) mass is 431 g/mol. The van der Waals surface area contributed by atoms with Gasteiger partial charge in [0.1, 0.15) is 36.1 Å². The fourth-order valence-corrected chi connectivity index (χ4v) is 3.34. The number of likely N-dealkylation sites (N-methyl/N-ethyl adjacent to an activating group) is 1. The minimum absolute atomic E-state index is 0.0542. The van der Waals surface area contributed by atoms with Crippen LogP contribution in [0.25, 0.3) is 0 Å². The van der Waals surface area contributed by atoms with Crippen LogP contribution < -0.4 is 20.3 Å². The third-order valence-corrected chi connectivity index (χ3v) is 4.82. The van der Waals surface area contributed by atoms with E-state index in [1.165, 1.54) is 11.8 Å². The maximum Gasteiger partial charge on any atom is 0.253 e. The van der Waals surface area contributed by atoms with Gasteiger partial charge in [0.25, 0.3) is 5.91 Å². The van der Waals surface area contributed by atoms with Gasteiger partial charge in [-0.05, 0) is 43.7 Å². The molecule has 2 aromatic rings. The van der Waals surface area contributed by atoms with Gasteiger partial charge < -0.3 is 20.3 Å². The SMILES string of the molecule is CCN1C(=O)C(NC(=O)C(C)NC(=O)Cc2cc(F)cc(F)c2)COc2ccccc21. The number of anilines is 1. The molecule has 7 nitrogen and oxygen atoms in total. The summed E-state index contributed by atoms with van der Waals surface area (Å²) in [6.07, 6.45) is -0.295. The van der Waals surface area contributed by atoms with Crippen molar-refractivity contribution in [3.05, 3.63) is 59.7 Å². The minimum Gasteiger partial charge on any atom is -0.489 e. The number of nitrogens with one attached hydrogen (secondary N) is 2. The maximum atomic E-state index is 13.3. The van der Waals surface area contributed by atoms with E-state index in [0.717, 1.165) is 12.1 Å². The number of halogens is 2. The molecule has 164 valence electrons. The second-order valence-corrected chi connectivity index (χ2v) is 7.17. The van der Waals surface area contributed by atoms with Gasteiger partial charge in [0.05, 0.1) is 12.1 Å². The number of hydrogen-bond donors (Lipinski definition) is 2. The number of nitrogens with zero attached hydrogens (tertiary/aromatic N) is 1. The molecule has 0 saturated carbocycles. The molecule has 1 aliphatic rings. The molecule has 2 unspecified atom stereocenters. The van der Waals surface area contributed by atoms with Gasteiger partial charge in [0.15, 0.2) is 0 Å². The van der Waals surface area contributed by atoms with E-state index in [4.69, 9.17) is 4.74 Å². The van der Waals surface area contributed by atoms with E-state index < -0.39 is 35.5 Å². The number of ether oxygens (including phenoxy) is 1. The largest absolute Gasteiger partial charge is 0.489 e. The number of rotatable bonds is 6. The third-order valence-electron chi connectivity index (χ3n) is 4.82. The zero-order chi connectivity index (χ0) is 22.5. The van der Waals surface area contributed by atoms with E-state index in [2.05, 4.69) is 10.6 Å². The topological polar surface area (TPSA) is 87.7 Å². The number of fused-ring (bicyclic) bond motifs is 1. The summed E-state index contributed by atoms with van der Waals surface area (Å²) in [4.78, 5) is 39.2. The maximum absolute atomic E-state index is 13.3. The lowest BCUT2D eigenvalue weighted by atomic mass is 10.1. The summed E-state index contributed by atoms with van der Waals surface area (Å²) in [6.45, 7) is 3.61. The molecule has 0 spiro atoms. The number of carbonyl (C=O) groups excluding carboxylic acids is 3. The first-order chi connectivity index (χ1) is 14.8. The highest BCUT2D eigenvalue weighted by Gasteiger charge is 2.32. The molecule has 3 amide bonds. The average molecular weight is 431 g/mol. The molecule has 2 aromatic carbocycles. The summed E-state index contributed by atoms with van der Waals surface area (Å²) in [5.41, 5.74) is 0.765. The van der Waals surface area contributed by atoms with Crippen LogP contribution in [0.4, 0.5) is 14.5 Å². The van der Waals surface area contributed by atoms with Crippen LogP contribution in [0.1, 0.15) is 19.4 Å². The Labute approximate surface area is 178 Å². The molecule has 2 atom stereocenters. The fraction of sp³-hybridized carbons (Fsp3) is 0.318. The molecule has 0 bridgehead atoms. The lowest BCUT2D eigenvalue weighted by Crippen LogP contribution is -2.55. The molecule has 1 heterocycles. The predicted octanol–water partition coefficient (Wildman–Crippen LogP) is 1.94. The first-order valence-electron chi connectivity index (χ1n) is 9.86. The third kappa shape index (κ3) is 5.36. The summed E-state index contributed by atoms with van der Waals surface area (Å²) in [6, 6.07) is 7.99. The van der Waals surface area contributed by atoms with Gasteiger partial charge in [-0.3, -0.25) is 14.4 Å². The molecule has 0 aromatic heterocycles. The summed E-state index contributed by atoms with van der Waals surface area (Å²) in [7, 11) is 0. The van der Waals surface area contributed by atoms with Crippen molar-refractivity contribution in [1.82, 2.24) is 10.6 Å². The van der Waals surface area contributed by atoms with Crippen LogP contribution in [0, 0.1) is 11.6 Å². The van der Waals surface area contributed by atoms with Gasteiger partial charge in [-0.1, -0.05) is 12.1 Å². The van der Waals surface area contributed by atoms with Crippen molar-refractivity contribution < 1.29 is 27.9 Å². The van der Waals surface area contributed by atoms with Crippen molar-refractivity contribution in [2.45, 2.75) is 32.4 Å². The Morgan fingerprint density at radius 2 is 1.87 bits per heavy atom. The van der Waals surface area contributed by atoms with Crippen molar-refractivity contribution in [3.63, 3.8) is 0 Å². The number of para-hydroxylation sites is 2. The second-order valence-electron chi connectivity index (χ2n) is 7.17. The van der Waals surface area contributed by atoms with Crippen LogP contribution in [0.2, 0.25) is 0 Å². The highest BCUT2D eigenvalue weighted by Crippen LogP contribution is 2.30. The van der Waals surface area contributed by atoms with Crippen molar-refractivity contribution in [2.24, 2.45) is 0 Å². The highest BCUT2D eigenvalue weighted by atomic mass is 19.1. The lowest BCUT2D eigenvalue weighted by Gasteiger charge is -2.24. The Morgan fingerprint density at radius 1 is 1.19 bits per heavy atom. The smallest absolute Gasteiger partial charge is 0.253 e. The Morgan fingerprint density at radius 3 is 2.55 bits per heavy atom. The fourth-order valence-electron chi connectivity index (χ4n) is 3.34. The summed E-state index contributed by atoms with van der Waals surface area (Å²) < 4.78 is 32.2. The normalized spacial score (nSPS) is 16.6. The van der Waals surface area contributed by atoms with Gasteiger partial charge in [-0.25, -0.2) is 8.78 Å². The van der Waals surface area contributed by atoms with Crippen molar-refractivity contribution >= 4 is 23.4 Å². The lowest BCUT2D eigenvalue weighted by molar-refractivity contribution is -0.131. The average Bonchev–Trinajstić information content (AvgIpc) is 2.83. The van der Waals surface area contributed by atoms with E-state index in [1.807, 2.05) is 6.92 Å². The first-order valence-corrected chi connectivity index (χ1v) is 9.86. The van der Waals surface area contributed by atoms with Crippen LogP contribution in [-0.2, 0) is 20.8 Å². The summed E-state index contributed by atoms with van der Waals surface area (Å²) in [5.74, 6) is -2.53. The number of amides is 3. The van der Waals surface area contributed by atoms with E-state index in [9.17, 15) is 23.2 Å². The summed E-state index contributed by atoms with van der Waals surface area (Å²) in [5, 5.41) is 5.07. The molecular formula is C22H23F2N3O4. The minimum atomic E-state index is -0.973. The van der Waals surface area contributed by atoms with Gasteiger partial charge in [0.2, 0.25) is 11.8 Å². The van der Waals surface area contributed by atoms with Gasteiger partial charge >= 0.3 is 0 Å². The van der Waals surface area contributed by atoms with E-state index in [1.54, 1.807) is 24.3 Å². The van der Waals surface area contributed by atoms with E-state index in [-0.39, 0.29) is 24.5 Å². The molecule has 3 rings (SSSR count). The number of benzene rings is 2. The van der Waals surface area contributed by atoms with E-state index in [0.29, 0.717) is 24.0 Å². The molecule has 0 radical (unpaired) electrons. The van der Waals surface area contributed by atoms with Crippen molar-refractivity contribution in [2.75, 3.05) is 18.1 Å². The van der Waals surface area contributed by atoms with Crippen LogP contribution in [0.5, 0.6) is 5.75 Å². The quantitative estimate of drug-likeness (QED) is 0.732. The molecule has 0 fully saturated rings. The molecule has 31 heavy (non-hydrogen) atoms. The first kappa shape index (κ1) is 22.2. The van der Waals surface area contributed by atoms with Crippen molar-refractivity contribution in [1.29, 1.82) is 0 Å². The Bertz CT molecular complexity index is 978. The molecule has 9 heteroatoms. The Balaban J connectivity index is 1.61. The molecular weight excluding hydrogens is 408 g/mol. The van der Waals surface area contributed by atoms with Crippen LogP contribution in [0.3, 0.4) is 0 Å². The molecule has 0 saturated heterocycles.